The summed E-state index contributed by atoms with van der Waals surface area (Å²) in [5, 5.41) is 15.4. The summed E-state index contributed by atoms with van der Waals surface area (Å²) in [6.45, 7) is 6.46. The van der Waals surface area contributed by atoms with Crippen LogP contribution < -0.4 is 15.4 Å². The van der Waals surface area contributed by atoms with Crippen molar-refractivity contribution in [3.05, 3.63) is 54.1 Å². The average molecular weight is 556 g/mol. The lowest BCUT2D eigenvalue weighted by molar-refractivity contribution is -0.138. The number of carbonyl (C=O) groups is 3. The van der Waals surface area contributed by atoms with Crippen LogP contribution in [-0.2, 0) is 26.0 Å². The summed E-state index contributed by atoms with van der Waals surface area (Å²) in [5.41, 5.74) is 1.62. The topological polar surface area (TPSA) is 142 Å². The number of carbonyl (C=O) groups excluding carboxylic acids is 2. The summed E-state index contributed by atoms with van der Waals surface area (Å²) < 4.78 is 28.7. The molecule has 210 valence electrons. The minimum Gasteiger partial charge on any atom is -0.480 e. The van der Waals surface area contributed by atoms with Crippen molar-refractivity contribution in [3.8, 4) is 11.1 Å². The molecule has 39 heavy (non-hydrogen) atoms. The normalized spacial score (nSPS) is 22.4. The van der Waals surface area contributed by atoms with Gasteiger partial charge in [0.2, 0.25) is 10.0 Å². The predicted molar refractivity (Wildman–Crippen MR) is 150 cm³/mol. The number of fused-ring (bicyclic) bond motifs is 2. The maximum atomic E-state index is 13.2. The molecule has 0 spiro atoms. The molecular weight excluding hydrogens is 518 g/mol. The number of ketones is 1. The molecule has 2 bridgehead atoms. The first kappa shape index (κ1) is 28.8. The second kappa shape index (κ2) is 11.1. The van der Waals surface area contributed by atoms with Crippen molar-refractivity contribution < 1.29 is 27.9 Å². The molecule has 9 nitrogen and oxygen atoms in total. The van der Waals surface area contributed by atoms with Crippen LogP contribution in [0.4, 0.5) is 10.5 Å². The van der Waals surface area contributed by atoms with Crippen LogP contribution in [0.25, 0.3) is 11.1 Å². The molecular formula is C29H37N3O6S. The Morgan fingerprint density at radius 3 is 2.41 bits per heavy atom. The number of sulfonamides is 1. The van der Waals surface area contributed by atoms with Gasteiger partial charge in [0.05, 0.1) is 5.75 Å². The lowest BCUT2D eigenvalue weighted by atomic mass is 9.70. The lowest BCUT2D eigenvalue weighted by Gasteiger charge is -2.36. The highest BCUT2D eigenvalue weighted by molar-refractivity contribution is 7.89. The lowest BCUT2D eigenvalue weighted by Crippen LogP contribution is -2.49. The predicted octanol–water partition coefficient (Wildman–Crippen LogP) is 4.20. The highest BCUT2D eigenvalue weighted by Gasteiger charge is 2.65. The van der Waals surface area contributed by atoms with Gasteiger partial charge in [-0.1, -0.05) is 57.2 Å². The van der Waals surface area contributed by atoms with Gasteiger partial charge < -0.3 is 15.7 Å². The molecule has 2 amide bonds. The highest BCUT2D eigenvalue weighted by atomic mass is 32.2. The first-order valence-corrected chi connectivity index (χ1v) is 15.0. The van der Waals surface area contributed by atoms with Crippen LogP contribution in [0.3, 0.4) is 0 Å². The molecule has 2 aromatic rings. The highest BCUT2D eigenvalue weighted by Crippen LogP contribution is 2.64. The van der Waals surface area contributed by atoms with E-state index in [4.69, 9.17) is 0 Å². The van der Waals surface area contributed by atoms with E-state index in [2.05, 4.69) is 15.4 Å². The Morgan fingerprint density at radius 1 is 1.10 bits per heavy atom. The maximum Gasteiger partial charge on any atom is 0.322 e. The van der Waals surface area contributed by atoms with Crippen LogP contribution >= 0.6 is 0 Å². The van der Waals surface area contributed by atoms with Gasteiger partial charge in [-0.2, -0.15) is 0 Å². The van der Waals surface area contributed by atoms with Crippen LogP contribution in [0.1, 0.15) is 52.0 Å². The van der Waals surface area contributed by atoms with Gasteiger partial charge in [-0.05, 0) is 65.8 Å². The SMILES string of the molecule is CCCNC(=O)Nc1cccc(-c2ccc(CC(NS(=O)(=O)C[C@]34CC[C@@H](CC3=O)C4(C)C)C(=O)O)cc2)c1. The fourth-order valence-electron chi connectivity index (χ4n) is 6.13. The summed E-state index contributed by atoms with van der Waals surface area (Å²) in [7, 11) is -4.04. The summed E-state index contributed by atoms with van der Waals surface area (Å²) in [6.07, 6.45) is 2.52. The number of hydrogen-bond donors (Lipinski definition) is 4. The number of Topliss-reactive ketones (excluding diaryl/α,β-unsaturated/α-hetero) is 1. The first-order chi connectivity index (χ1) is 18.4. The number of urea groups is 1. The summed E-state index contributed by atoms with van der Waals surface area (Å²) >= 11 is 0. The van der Waals surface area contributed by atoms with E-state index in [9.17, 15) is 27.9 Å². The van der Waals surface area contributed by atoms with E-state index in [0.717, 1.165) is 24.0 Å². The number of rotatable bonds is 11. The second-order valence-electron chi connectivity index (χ2n) is 11.3. The van der Waals surface area contributed by atoms with Gasteiger partial charge in [0.25, 0.3) is 0 Å². The molecule has 0 aliphatic heterocycles. The smallest absolute Gasteiger partial charge is 0.322 e. The zero-order valence-electron chi connectivity index (χ0n) is 22.6. The fourth-order valence-corrected chi connectivity index (χ4v) is 8.16. The number of carboxylic acids is 1. The van der Waals surface area contributed by atoms with Crippen LogP contribution in [0.15, 0.2) is 48.5 Å². The maximum absolute atomic E-state index is 13.2. The molecule has 1 unspecified atom stereocenters. The van der Waals surface area contributed by atoms with Crippen molar-refractivity contribution in [1.82, 2.24) is 10.0 Å². The Balaban J connectivity index is 1.43. The molecule has 2 aliphatic carbocycles. The van der Waals surface area contributed by atoms with E-state index in [-0.39, 0.29) is 29.9 Å². The molecule has 2 fully saturated rings. The van der Waals surface area contributed by atoms with E-state index < -0.39 is 32.9 Å². The Bertz CT molecular complexity index is 1360. The van der Waals surface area contributed by atoms with E-state index >= 15 is 0 Å². The molecule has 0 heterocycles. The Hall–Kier alpha value is -3.24. The molecule has 0 saturated heterocycles. The van der Waals surface area contributed by atoms with Crippen LogP contribution in [0.2, 0.25) is 0 Å². The molecule has 0 aromatic heterocycles. The van der Waals surface area contributed by atoms with Gasteiger partial charge in [-0.3, -0.25) is 9.59 Å². The van der Waals surface area contributed by atoms with Gasteiger partial charge in [-0.25, -0.2) is 17.9 Å². The minimum atomic E-state index is -4.04. The summed E-state index contributed by atoms with van der Waals surface area (Å²) in [6, 6.07) is 12.9. The van der Waals surface area contributed by atoms with E-state index in [1.165, 1.54) is 0 Å². The number of carboxylic acid groups (broad SMARTS) is 1. The van der Waals surface area contributed by atoms with Gasteiger partial charge >= 0.3 is 12.0 Å². The van der Waals surface area contributed by atoms with Gasteiger partial charge in [0.1, 0.15) is 11.8 Å². The number of nitrogens with one attached hydrogen (secondary N) is 3. The summed E-state index contributed by atoms with van der Waals surface area (Å²) in [4.78, 5) is 36.8. The van der Waals surface area contributed by atoms with E-state index in [1.54, 1.807) is 18.2 Å². The van der Waals surface area contributed by atoms with Crippen LogP contribution in [0, 0.1) is 16.7 Å². The molecule has 4 rings (SSSR count). The zero-order chi connectivity index (χ0) is 28.4. The van der Waals surface area contributed by atoms with Crippen molar-refractivity contribution in [2.45, 2.75) is 58.9 Å². The monoisotopic (exact) mass is 555 g/mol. The van der Waals surface area contributed by atoms with Gasteiger partial charge in [0, 0.05) is 24.1 Å². The van der Waals surface area contributed by atoms with Crippen molar-refractivity contribution in [1.29, 1.82) is 0 Å². The fraction of sp³-hybridized carbons (Fsp3) is 0.483. The van der Waals surface area contributed by atoms with E-state index in [0.29, 0.717) is 30.6 Å². The Labute approximate surface area is 229 Å². The molecule has 4 N–H and O–H groups in total. The molecule has 10 heteroatoms. The summed E-state index contributed by atoms with van der Waals surface area (Å²) in [5.74, 6) is -1.52. The second-order valence-corrected chi connectivity index (χ2v) is 13.1. The zero-order valence-corrected chi connectivity index (χ0v) is 23.4. The third-order valence-corrected chi connectivity index (χ3v) is 10.1. The van der Waals surface area contributed by atoms with Crippen LogP contribution in [-0.4, -0.2) is 49.6 Å². The number of aliphatic carboxylic acids is 1. The number of benzene rings is 2. The molecule has 2 aliphatic rings. The molecule has 0 radical (unpaired) electrons. The average Bonchev–Trinajstić information content (AvgIpc) is 3.21. The van der Waals surface area contributed by atoms with Crippen molar-refractivity contribution in [2.24, 2.45) is 16.7 Å². The molecule has 3 atom stereocenters. The largest absolute Gasteiger partial charge is 0.480 e. The standard InChI is InChI=1S/C29H37N3O6S/c1-4-14-30-27(36)31-23-7-5-6-21(16-23)20-10-8-19(9-11-20)15-24(26(34)35)32-39(37,38)18-29-13-12-22(17-25(29)33)28(29,2)3/h5-11,16,22,24,32H,4,12-15,17-18H2,1-3H3,(H,34,35)(H2,30,31,36)/t22-,24?,29+/m0/s1. The van der Waals surface area contributed by atoms with Crippen molar-refractivity contribution in [2.75, 3.05) is 17.6 Å². The van der Waals surface area contributed by atoms with Crippen LogP contribution in [0.5, 0.6) is 0 Å². The molecule has 2 saturated carbocycles. The van der Waals surface area contributed by atoms with Crippen molar-refractivity contribution >= 4 is 33.5 Å². The first-order valence-electron chi connectivity index (χ1n) is 13.4. The Kier molecular flexibility index (Phi) is 8.18. The minimum absolute atomic E-state index is 0.0301. The number of anilines is 1. The number of amides is 2. The quantitative estimate of drug-likeness (QED) is 0.328. The molecule has 2 aromatic carbocycles. The Morgan fingerprint density at radius 2 is 1.82 bits per heavy atom. The van der Waals surface area contributed by atoms with E-state index in [1.807, 2.05) is 51.1 Å². The third-order valence-electron chi connectivity index (χ3n) is 8.58. The number of hydrogen-bond acceptors (Lipinski definition) is 5. The van der Waals surface area contributed by atoms with Gasteiger partial charge in [0.15, 0.2) is 0 Å². The van der Waals surface area contributed by atoms with Crippen molar-refractivity contribution in [3.63, 3.8) is 0 Å². The van der Waals surface area contributed by atoms with Gasteiger partial charge in [-0.15, -0.1) is 0 Å². The third kappa shape index (κ3) is 6.01.